The Kier molecular flexibility index (Phi) is 5.23. The van der Waals surface area contributed by atoms with Crippen molar-refractivity contribution in [2.75, 3.05) is 5.32 Å². The Balaban J connectivity index is 1.51. The van der Waals surface area contributed by atoms with E-state index < -0.39 is 0 Å². The van der Waals surface area contributed by atoms with Crippen molar-refractivity contribution in [2.24, 2.45) is 0 Å². The summed E-state index contributed by atoms with van der Waals surface area (Å²) >= 11 is 12.2. The second-order valence-corrected chi connectivity index (χ2v) is 7.00. The Morgan fingerprint density at radius 1 is 0.926 bits per heavy atom. The van der Waals surface area contributed by atoms with Crippen LogP contribution in [0.4, 0.5) is 5.82 Å². The van der Waals surface area contributed by atoms with Gasteiger partial charge in [-0.3, -0.25) is 0 Å². The van der Waals surface area contributed by atoms with E-state index in [-0.39, 0.29) is 0 Å². The molecule has 2 aromatic heterocycles. The lowest BCUT2D eigenvalue weighted by Crippen LogP contribution is -2.04. The number of hydrogen-bond donors (Lipinski definition) is 1. The number of fused-ring (bicyclic) bond motifs is 1. The number of benzene rings is 2. The Morgan fingerprint density at radius 3 is 2.56 bits per heavy atom. The zero-order valence-corrected chi connectivity index (χ0v) is 16.0. The summed E-state index contributed by atoms with van der Waals surface area (Å²) in [5, 5.41) is 4.78. The fraction of sp³-hybridized carbons (Fsp3) is 0.150. The van der Waals surface area contributed by atoms with Gasteiger partial charge in [0.25, 0.3) is 0 Å². The zero-order valence-electron chi connectivity index (χ0n) is 14.4. The van der Waals surface area contributed by atoms with E-state index in [2.05, 4.69) is 20.3 Å². The maximum absolute atomic E-state index is 6.22. The Bertz CT molecular complexity index is 1060. The van der Waals surface area contributed by atoms with Crippen molar-refractivity contribution < 1.29 is 0 Å². The number of rotatable bonds is 6. The van der Waals surface area contributed by atoms with E-state index >= 15 is 0 Å². The van der Waals surface area contributed by atoms with Crippen molar-refractivity contribution in [1.29, 1.82) is 0 Å². The third kappa shape index (κ3) is 4.04. The Morgan fingerprint density at radius 2 is 1.74 bits per heavy atom. The van der Waals surface area contributed by atoms with E-state index in [1.165, 1.54) is 5.56 Å². The average Bonchev–Trinajstić information content (AvgIpc) is 3.11. The number of nitrogens with zero attached hydrogens (tertiary/aromatic N) is 4. The van der Waals surface area contributed by atoms with Gasteiger partial charge in [0.15, 0.2) is 11.5 Å². The summed E-state index contributed by atoms with van der Waals surface area (Å²) in [6.45, 7) is 1.35. The molecule has 0 amide bonds. The molecule has 1 N–H and O–H groups in total. The molecule has 0 radical (unpaired) electrons. The number of hydrogen-bond acceptors (Lipinski definition) is 4. The monoisotopic (exact) mass is 397 g/mol. The number of aromatic nitrogens is 4. The first kappa shape index (κ1) is 17.8. The summed E-state index contributed by atoms with van der Waals surface area (Å²) in [5.74, 6) is 0.699. The normalized spacial score (nSPS) is 11.0. The number of anilines is 1. The van der Waals surface area contributed by atoms with Gasteiger partial charge in [0.2, 0.25) is 0 Å². The topological polar surface area (TPSA) is 55.6 Å². The van der Waals surface area contributed by atoms with Crippen molar-refractivity contribution in [1.82, 2.24) is 19.5 Å². The van der Waals surface area contributed by atoms with Gasteiger partial charge in [-0.2, -0.15) is 0 Å². The van der Waals surface area contributed by atoms with E-state index in [0.29, 0.717) is 12.4 Å². The maximum atomic E-state index is 6.22. The lowest BCUT2D eigenvalue weighted by molar-refractivity contribution is 0.709. The first-order chi connectivity index (χ1) is 13.2. The lowest BCUT2D eigenvalue weighted by Gasteiger charge is -2.08. The predicted molar refractivity (Wildman–Crippen MR) is 109 cm³/mol. The van der Waals surface area contributed by atoms with Crippen LogP contribution in [0.15, 0.2) is 61.2 Å². The van der Waals surface area contributed by atoms with Gasteiger partial charge in [0.1, 0.15) is 11.8 Å². The van der Waals surface area contributed by atoms with Crippen LogP contribution in [0.1, 0.15) is 11.1 Å². The summed E-state index contributed by atoms with van der Waals surface area (Å²) in [6, 6.07) is 15.6. The molecule has 0 atom stereocenters. The summed E-state index contributed by atoms with van der Waals surface area (Å²) in [5.41, 5.74) is 3.78. The molecular formula is C20H17Cl2N5. The standard InChI is InChI=1S/C20H17Cl2N5/c21-16-7-5-14(6-8-16)9-10-27-13-26-18-19(24-12-25-20(18)27)23-11-15-3-1-2-4-17(15)22/h1-8,12-13H,9-11H2,(H,23,24,25). The molecular weight excluding hydrogens is 381 g/mol. The minimum Gasteiger partial charge on any atom is -0.364 e. The number of nitrogens with one attached hydrogen (secondary N) is 1. The first-order valence-electron chi connectivity index (χ1n) is 8.58. The predicted octanol–water partition coefficient (Wildman–Crippen LogP) is 4.99. The molecule has 0 bridgehead atoms. The van der Waals surface area contributed by atoms with Crippen molar-refractivity contribution in [3.63, 3.8) is 0 Å². The molecule has 5 nitrogen and oxygen atoms in total. The molecule has 136 valence electrons. The van der Waals surface area contributed by atoms with Gasteiger partial charge < -0.3 is 9.88 Å². The van der Waals surface area contributed by atoms with Crippen molar-refractivity contribution in [3.8, 4) is 0 Å². The highest BCUT2D eigenvalue weighted by molar-refractivity contribution is 6.31. The van der Waals surface area contributed by atoms with Crippen LogP contribution < -0.4 is 5.32 Å². The van der Waals surface area contributed by atoms with Gasteiger partial charge in [-0.25, -0.2) is 15.0 Å². The van der Waals surface area contributed by atoms with E-state index in [9.17, 15) is 0 Å². The van der Waals surface area contributed by atoms with Crippen LogP contribution in [0, 0.1) is 0 Å². The molecule has 2 aromatic carbocycles. The van der Waals surface area contributed by atoms with Crippen LogP contribution in [0.2, 0.25) is 10.0 Å². The zero-order chi connectivity index (χ0) is 18.6. The third-order valence-corrected chi connectivity index (χ3v) is 4.98. The molecule has 7 heteroatoms. The van der Waals surface area contributed by atoms with E-state index in [4.69, 9.17) is 23.2 Å². The molecule has 0 unspecified atom stereocenters. The molecule has 2 heterocycles. The molecule has 27 heavy (non-hydrogen) atoms. The largest absolute Gasteiger partial charge is 0.364 e. The average molecular weight is 398 g/mol. The molecule has 0 fully saturated rings. The highest BCUT2D eigenvalue weighted by Gasteiger charge is 2.10. The molecule has 0 spiro atoms. The van der Waals surface area contributed by atoms with Gasteiger partial charge in [0, 0.05) is 23.1 Å². The fourth-order valence-corrected chi connectivity index (χ4v) is 3.22. The molecule has 4 aromatic rings. The van der Waals surface area contributed by atoms with Gasteiger partial charge in [-0.1, -0.05) is 53.5 Å². The van der Waals surface area contributed by atoms with Crippen molar-refractivity contribution in [2.45, 2.75) is 19.5 Å². The van der Waals surface area contributed by atoms with Gasteiger partial charge in [-0.05, 0) is 35.7 Å². The summed E-state index contributed by atoms with van der Waals surface area (Å²) in [7, 11) is 0. The molecule has 0 aliphatic heterocycles. The summed E-state index contributed by atoms with van der Waals surface area (Å²) < 4.78 is 2.03. The summed E-state index contributed by atoms with van der Waals surface area (Å²) in [6.07, 6.45) is 4.22. The van der Waals surface area contributed by atoms with Crippen LogP contribution in [-0.2, 0) is 19.5 Å². The number of halogens is 2. The van der Waals surface area contributed by atoms with E-state index in [0.717, 1.165) is 39.7 Å². The molecule has 4 rings (SSSR count). The van der Waals surface area contributed by atoms with Crippen LogP contribution in [0.25, 0.3) is 11.2 Å². The quantitative estimate of drug-likeness (QED) is 0.497. The molecule has 0 saturated carbocycles. The van der Waals surface area contributed by atoms with E-state index in [1.54, 1.807) is 12.7 Å². The summed E-state index contributed by atoms with van der Waals surface area (Å²) in [4.78, 5) is 13.2. The van der Waals surface area contributed by atoms with E-state index in [1.807, 2.05) is 53.1 Å². The minimum absolute atomic E-state index is 0.573. The smallest absolute Gasteiger partial charge is 0.165 e. The number of imidazole rings is 1. The highest BCUT2D eigenvalue weighted by atomic mass is 35.5. The first-order valence-corrected chi connectivity index (χ1v) is 9.34. The Labute approximate surface area is 167 Å². The van der Waals surface area contributed by atoms with Crippen molar-refractivity contribution in [3.05, 3.63) is 82.4 Å². The SMILES string of the molecule is Clc1ccc(CCn2cnc3c(NCc4ccccc4Cl)ncnc32)cc1. The third-order valence-electron chi connectivity index (χ3n) is 4.36. The Hall–Kier alpha value is -2.63. The second-order valence-electron chi connectivity index (χ2n) is 6.15. The van der Waals surface area contributed by atoms with Crippen LogP contribution in [-0.4, -0.2) is 19.5 Å². The minimum atomic E-state index is 0.573. The van der Waals surface area contributed by atoms with Crippen LogP contribution in [0.5, 0.6) is 0 Å². The second kappa shape index (κ2) is 7.94. The molecule has 0 saturated heterocycles. The van der Waals surface area contributed by atoms with Crippen LogP contribution >= 0.6 is 23.2 Å². The lowest BCUT2D eigenvalue weighted by atomic mass is 10.1. The van der Waals surface area contributed by atoms with Crippen LogP contribution in [0.3, 0.4) is 0 Å². The molecule has 0 aliphatic carbocycles. The van der Waals surface area contributed by atoms with Crippen molar-refractivity contribution >= 4 is 40.2 Å². The number of aryl methyl sites for hydroxylation is 2. The maximum Gasteiger partial charge on any atom is 0.165 e. The van der Waals surface area contributed by atoms with Gasteiger partial charge in [-0.15, -0.1) is 0 Å². The molecule has 0 aliphatic rings. The van der Waals surface area contributed by atoms with Gasteiger partial charge >= 0.3 is 0 Å². The highest BCUT2D eigenvalue weighted by Crippen LogP contribution is 2.21. The fourth-order valence-electron chi connectivity index (χ4n) is 2.89. The van der Waals surface area contributed by atoms with Gasteiger partial charge in [0.05, 0.1) is 6.33 Å².